The van der Waals surface area contributed by atoms with Crippen LogP contribution in [-0.2, 0) is 9.53 Å². The number of rotatable bonds is 5. The molecule has 4 nitrogen and oxygen atoms in total. The van der Waals surface area contributed by atoms with E-state index in [1.807, 2.05) is 0 Å². The molecule has 2 N–H and O–H groups in total. The Morgan fingerprint density at radius 1 is 1.44 bits per heavy atom. The fourth-order valence-corrected chi connectivity index (χ4v) is 3.00. The summed E-state index contributed by atoms with van der Waals surface area (Å²) in [6.45, 7) is 8.49. The number of carbonyl (C=O) groups is 1. The van der Waals surface area contributed by atoms with Crippen molar-refractivity contribution in [3.8, 4) is 0 Å². The molecule has 0 aromatic heterocycles. The average Bonchev–Trinajstić information content (AvgIpc) is 2.35. The molecular weight excluding hydrogens is 228 g/mol. The minimum absolute atomic E-state index is 0.158. The first-order chi connectivity index (χ1) is 8.60. The number of nitrogens with one attached hydrogen (secondary N) is 2. The van der Waals surface area contributed by atoms with Gasteiger partial charge in [0.25, 0.3) is 0 Å². The van der Waals surface area contributed by atoms with Gasteiger partial charge in [-0.25, -0.2) is 0 Å². The van der Waals surface area contributed by atoms with Gasteiger partial charge in [0.05, 0.1) is 18.6 Å². The van der Waals surface area contributed by atoms with Gasteiger partial charge >= 0.3 is 0 Å². The number of hydrogen-bond acceptors (Lipinski definition) is 3. The number of ether oxygens (including phenoxy) is 1. The van der Waals surface area contributed by atoms with E-state index >= 15 is 0 Å². The van der Waals surface area contributed by atoms with Crippen molar-refractivity contribution in [3.05, 3.63) is 0 Å². The van der Waals surface area contributed by atoms with E-state index in [0.29, 0.717) is 0 Å². The summed E-state index contributed by atoms with van der Waals surface area (Å²) in [5.41, 5.74) is -0.0148. The van der Waals surface area contributed by atoms with Crippen molar-refractivity contribution in [2.45, 2.75) is 39.5 Å². The normalized spacial score (nSPS) is 30.6. The molecule has 0 saturated carbocycles. The lowest BCUT2D eigenvalue weighted by molar-refractivity contribution is -0.137. The zero-order valence-electron chi connectivity index (χ0n) is 11.7. The summed E-state index contributed by atoms with van der Waals surface area (Å²) < 4.78 is 5.22. The van der Waals surface area contributed by atoms with E-state index in [4.69, 9.17) is 4.74 Å². The van der Waals surface area contributed by atoms with Crippen molar-refractivity contribution in [1.29, 1.82) is 0 Å². The Labute approximate surface area is 110 Å². The molecule has 1 atom stereocenters. The minimum Gasteiger partial charge on any atom is -0.380 e. The van der Waals surface area contributed by atoms with Crippen LogP contribution >= 0.6 is 0 Å². The lowest BCUT2D eigenvalue weighted by Gasteiger charge is -2.41. The van der Waals surface area contributed by atoms with E-state index in [9.17, 15) is 4.79 Å². The highest BCUT2D eigenvalue weighted by Crippen LogP contribution is 2.32. The highest BCUT2D eigenvalue weighted by molar-refractivity contribution is 5.83. The first-order valence-corrected chi connectivity index (χ1v) is 7.17. The van der Waals surface area contributed by atoms with Crippen LogP contribution in [0.15, 0.2) is 0 Å². The third-order valence-corrected chi connectivity index (χ3v) is 4.26. The molecule has 0 aromatic rings. The Bertz CT molecular complexity index is 289. The number of piperidine rings is 1. The molecule has 0 aliphatic carbocycles. The van der Waals surface area contributed by atoms with Crippen molar-refractivity contribution in [2.24, 2.45) is 10.8 Å². The van der Waals surface area contributed by atoms with Crippen LogP contribution in [0.4, 0.5) is 0 Å². The van der Waals surface area contributed by atoms with Gasteiger partial charge in [-0.3, -0.25) is 4.79 Å². The first kappa shape index (κ1) is 13.8. The van der Waals surface area contributed by atoms with E-state index in [1.165, 1.54) is 0 Å². The predicted molar refractivity (Wildman–Crippen MR) is 71.4 cm³/mol. The third-order valence-electron chi connectivity index (χ3n) is 4.26. The van der Waals surface area contributed by atoms with Gasteiger partial charge in [-0.05, 0) is 25.8 Å². The van der Waals surface area contributed by atoms with Crippen LogP contribution in [0.5, 0.6) is 0 Å². The maximum Gasteiger partial charge on any atom is 0.227 e. The summed E-state index contributed by atoms with van der Waals surface area (Å²) in [5, 5.41) is 6.54. The zero-order chi connectivity index (χ0) is 13.1. The lowest BCUT2D eigenvalue weighted by atomic mass is 9.76. The third kappa shape index (κ3) is 2.86. The van der Waals surface area contributed by atoms with Gasteiger partial charge in [0.2, 0.25) is 5.91 Å². The number of amides is 1. The topological polar surface area (TPSA) is 50.4 Å². The average molecular weight is 254 g/mol. The van der Waals surface area contributed by atoms with Gasteiger partial charge in [-0.2, -0.15) is 0 Å². The van der Waals surface area contributed by atoms with Crippen LogP contribution in [0.3, 0.4) is 0 Å². The summed E-state index contributed by atoms with van der Waals surface area (Å²) >= 11 is 0. The predicted octanol–water partition coefficient (Wildman–Crippen LogP) is 1.31. The summed E-state index contributed by atoms with van der Waals surface area (Å²) in [6, 6.07) is 0. The van der Waals surface area contributed by atoms with Crippen molar-refractivity contribution in [1.82, 2.24) is 10.6 Å². The molecule has 18 heavy (non-hydrogen) atoms. The Hall–Kier alpha value is -0.610. The molecule has 0 radical (unpaired) electrons. The Morgan fingerprint density at radius 3 is 2.72 bits per heavy atom. The second-order valence-electron chi connectivity index (χ2n) is 6.30. The van der Waals surface area contributed by atoms with E-state index in [0.717, 1.165) is 58.5 Å². The summed E-state index contributed by atoms with van der Waals surface area (Å²) in [4.78, 5) is 12.5. The van der Waals surface area contributed by atoms with E-state index in [1.54, 1.807) is 0 Å². The molecule has 2 aliphatic rings. The quantitative estimate of drug-likeness (QED) is 0.778. The van der Waals surface area contributed by atoms with Crippen LogP contribution in [-0.4, -0.2) is 38.8 Å². The van der Waals surface area contributed by atoms with Crippen LogP contribution in [0.2, 0.25) is 0 Å². The monoisotopic (exact) mass is 254 g/mol. The second-order valence-corrected chi connectivity index (χ2v) is 6.30. The second kappa shape index (κ2) is 5.57. The minimum atomic E-state index is -0.173. The van der Waals surface area contributed by atoms with Crippen molar-refractivity contribution >= 4 is 5.91 Å². The Balaban J connectivity index is 1.90. The fourth-order valence-electron chi connectivity index (χ4n) is 3.00. The van der Waals surface area contributed by atoms with Gasteiger partial charge < -0.3 is 15.4 Å². The molecule has 2 fully saturated rings. The van der Waals surface area contributed by atoms with Gasteiger partial charge in [-0.15, -0.1) is 0 Å². The Kier molecular flexibility index (Phi) is 4.28. The summed E-state index contributed by atoms with van der Waals surface area (Å²) in [6.07, 6.45) is 4.18. The molecule has 0 bridgehead atoms. The van der Waals surface area contributed by atoms with Crippen molar-refractivity contribution in [2.75, 3.05) is 32.8 Å². The molecule has 1 unspecified atom stereocenters. The molecule has 0 spiro atoms. The zero-order valence-corrected chi connectivity index (χ0v) is 11.7. The standard InChI is InChI=1S/C14H26N2O2/c1-3-5-14(6-4-7-15-9-14)12(17)16-8-13(2)10-18-11-13/h15H,3-11H2,1-2H3,(H,16,17). The Morgan fingerprint density at radius 2 is 2.22 bits per heavy atom. The van der Waals surface area contributed by atoms with Crippen LogP contribution in [0.25, 0.3) is 0 Å². The van der Waals surface area contributed by atoms with Gasteiger partial charge in [-0.1, -0.05) is 20.3 Å². The lowest BCUT2D eigenvalue weighted by Crippen LogP contribution is -2.55. The molecule has 1 amide bonds. The number of hydrogen-bond donors (Lipinski definition) is 2. The molecule has 0 aromatic carbocycles. The molecule has 104 valence electrons. The fraction of sp³-hybridized carbons (Fsp3) is 0.929. The molecule has 2 saturated heterocycles. The van der Waals surface area contributed by atoms with E-state index < -0.39 is 0 Å². The smallest absolute Gasteiger partial charge is 0.227 e. The highest BCUT2D eigenvalue weighted by Gasteiger charge is 2.40. The van der Waals surface area contributed by atoms with Crippen molar-refractivity contribution < 1.29 is 9.53 Å². The molecule has 2 rings (SSSR count). The van der Waals surface area contributed by atoms with Crippen LogP contribution < -0.4 is 10.6 Å². The first-order valence-electron chi connectivity index (χ1n) is 7.17. The number of carbonyl (C=O) groups excluding carboxylic acids is 1. The maximum atomic E-state index is 12.5. The highest BCUT2D eigenvalue weighted by atomic mass is 16.5. The van der Waals surface area contributed by atoms with Crippen molar-refractivity contribution in [3.63, 3.8) is 0 Å². The van der Waals surface area contributed by atoms with E-state index in [2.05, 4.69) is 24.5 Å². The summed E-state index contributed by atoms with van der Waals surface area (Å²) in [5.74, 6) is 0.240. The van der Waals surface area contributed by atoms with Gasteiger partial charge in [0.1, 0.15) is 0 Å². The van der Waals surface area contributed by atoms with Gasteiger partial charge in [0.15, 0.2) is 0 Å². The van der Waals surface area contributed by atoms with Crippen LogP contribution in [0, 0.1) is 10.8 Å². The van der Waals surface area contributed by atoms with E-state index in [-0.39, 0.29) is 16.7 Å². The maximum absolute atomic E-state index is 12.5. The molecule has 2 aliphatic heterocycles. The molecule has 2 heterocycles. The van der Waals surface area contributed by atoms with Gasteiger partial charge in [0, 0.05) is 18.5 Å². The van der Waals surface area contributed by atoms with Crippen LogP contribution in [0.1, 0.15) is 39.5 Å². The largest absolute Gasteiger partial charge is 0.380 e. The summed E-state index contributed by atoms with van der Waals surface area (Å²) in [7, 11) is 0. The molecule has 4 heteroatoms. The SMILES string of the molecule is CCCC1(C(=O)NCC2(C)COC2)CCCNC1. The molecular formula is C14H26N2O2.